The van der Waals surface area contributed by atoms with Crippen molar-refractivity contribution in [2.24, 2.45) is 0 Å². The Balaban J connectivity index is 2.26. The van der Waals surface area contributed by atoms with Gasteiger partial charge in [0.2, 0.25) is 0 Å². The Morgan fingerprint density at radius 2 is 2.28 bits per heavy atom. The molecule has 0 bridgehead atoms. The van der Waals surface area contributed by atoms with Crippen LogP contribution in [0.4, 0.5) is 0 Å². The van der Waals surface area contributed by atoms with Crippen molar-refractivity contribution in [3.63, 3.8) is 0 Å². The van der Waals surface area contributed by atoms with Crippen LogP contribution < -0.4 is 4.74 Å². The monoisotopic (exact) mass is 244 g/mol. The first-order valence-electron chi connectivity index (χ1n) is 5.82. The van der Waals surface area contributed by atoms with E-state index in [1.807, 2.05) is 37.3 Å². The van der Waals surface area contributed by atoms with Gasteiger partial charge in [-0.1, -0.05) is 24.3 Å². The summed E-state index contributed by atoms with van der Waals surface area (Å²) in [6.07, 6.45) is 2.32. The van der Waals surface area contributed by atoms with Crippen LogP contribution in [0.3, 0.4) is 0 Å². The van der Waals surface area contributed by atoms with E-state index in [2.05, 4.69) is 6.58 Å². The fourth-order valence-corrected chi connectivity index (χ4v) is 1.94. The smallest absolute Gasteiger partial charge is 0.339 e. The molecule has 1 heterocycles. The number of benzene rings is 1. The van der Waals surface area contributed by atoms with E-state index in [-0.39, 0.29) is 12.1 Å². The maximum Gasteiger partial charge on any atom is 0.339 e. The fourth-order valence-electron chi connectivity index (χ4n) is 1.94. The molecule has 18 heavy (non-hydrogen) atoms. The maximum absolute atomic E-state index is 11.8. The van der Waals surface area contributed by atoms with Gasteiger partial charge < -0.3 is 9.47 Å². The Morgan fingerprint density at radius 1 is 1.50 bits per heavy atom. The molecule has 0 amide bonds. The van der Waals surface area contributed by atoms with E-state index in [1.54, 1.807) is 7.11 Å². The number of cyclic esters (lactones) is 1. The van der Waals surface area contributed by atoms with Gasteiger partial charge in [-0.25, -0.2) is 4.79 Å². The minimum Gasteiger partial charge on any atom is -0.497 e. The Bertz CT molecular complexity index is 514. The van der Waals surface area contributed by atoms with E-state index in [0.717, 1.165) is 16.9 Å². The second-order valence-corrected chi connectivity index (χ2v) is 4.42. The van der Waals surface area contributed by atoms with Crippen molar-refractivity contribution < 1.29 is 14.3 Å². The lowest BCUT2D eigenvalue weighted by molar-refractivity contribution is -0.137. The highest BCUT2D eigenvalue weighted by atomic mass is 16.5. The van der Waals surface area contributed by atoms with E-state index in [4.69, 9.17) is 9.47 Å². The number of hydrogen-bond acceptors (Lipinski definition) is 3. The molecule has 0 saturated heterocycles. The third-order valence-corrected chi connectivity index (χ3v) is 2.76. The molecule has 1 aliphatic heterocycles. The normalized spacial score (nSPS) is 18.2. The van der Waals surface area contributed by atoms with Crippen LogP contribution in [0.15, 0.2) is 42.5 Å². The SMILES string of the molecule is C=C(C)C[C@@H]1C=C(c2cccc(OC)c2)C(=O)O1. The van der Waals surface area contributed by atoms with Crippen molar-refractivity contribution in [2.75, 3.05) is 7.11 Å². The van der Waals surface area contributed by atoms with Gasteiger partial charge in [0, 0.05) is 6.42 Å². The average molecular weight is 244 g/mol. The number of ether oxygens (including phenoxy) is 2. The molecule has 0 aromatic heterocycles. The predicted octanol–water partition coefficient (Wildman–Crippen LogP) is 2.97. The summed E-state index contributed by atoms with van der Waals surface area (Å²) in [7, 11) is 1.60. The van der Waals surface area contributed by atoms with Gasteiger partial charge in [-0.2, -0.15) is 0 Å². The highest BCUT2D eigenvalue weighted by molar-refractivity contribution is 6.18. The van der Waals surface area contributed by atoms with Crippen LogP contribution >= 0.6 is 0 Å². The molecule has 0 fully saturated rings. The van der Waals surface area contributed by atoms with Crippen molar-refractivity contribution >= 4 is 11.5 Å². The summed E-state index contributed by atoms with van der Waals surface area (Å²) < 4.78 is 10.4. The Kier molecular flexibility index (Phi) is 3.51. The fraction of sp³-hybridized carbons (Fsp3) is 0.267. The zero-order valence-electron chi connectivity index (χ0n) is 10.6. The van der Waals surface area contributed by atoms with Gasteiger partial charge in [0.25, 0.3) is 0 Å². The first kappa shape index (κ1) is 12.4. The minimum atomic E-state index is -0.283. The quantitative estimate of drug-likeness (QED) is 0.603. The van der Waals surface area contributed by atoms with E-state index in [0.29, 0.717) is 12.0 Å². The van der Waals surface area contributed by atoms with Crippen LogP contribution in [0.5, 0.6) is 5.75 Å². The first-order valence-corrected chi connectivity index (χ1v) is 5.82. The molecule has 1 aromatic carbocycles. The van der Waals surface area contributed by atoms with Gasteiger partial charge in [0.1, 0.15) is 11.9 Å². The molecule has 0 radical (unpaired) electrons. The van der Waals surface area contributed by atoms with Crippen LogP contribution in [0.25, 0.3) is 5.57 Å². The number of hydrogen-bond donors (Lipinski definition) is 0. The summed E-state index contributed by atoms with van der Waals surface area (Å²) in [5, 5.41) is 0. The number of carbonyl (C=O) groups is 1. The van der Waals surface area contributed by atoms with Crippen LogP contribution in [0.2, 0.25) is 0 Å². The number of methoxy groups -OCH3 is 1. The largest absolute Gasteiger partial charge is 0.497 e. The zero-order valence-corrected chi connectivity index (χ0v) is 10.6. The summed E-state index contributed by atoms with van der Waals surface area (Å²) >= 11 is 0. The molecule has 1 atom stereocenters. The van der Waals surface area contributed by atoms with Gasteiger partial charge in [0.05, 0.1) is 12.7 Å². The van der Waals surface area contributed by atoms with Gasteiger partial charge in [-0.05, 0) is 30.7 Å². The van der Waals surface area contributed by atoms with Crippen molar-refractivity contribution in [2.45, 2.75) is 19.4 Å². The second kappa shape index (κ2) is 5.08. The average Bonchev–Trinajstić information content (AvgIpc) is 2.69. The molecule has 3 nitrogen and oxygen atoms in total. The summed E-state index contributed by atoms with van der Waals surface area (Å²) in [6.45, 7) is 5.75. The number of rotatable bonds is 4. The summed E-state index contributed by atoms with van der Waals surface area (Å²) in [4.78, 5) is 11.8. The minimum absolute atomic E-state index is 0.198. The molecule has 0 spiro atoms. The lowest BCUT2D eigenvalue weighted by Gasteiger charge is -2.06. The van der Waals surface area contributed by atoms with Crippen molar-refractivity contribution in [1.82, 2.24) is 0 Å². The molecule has 94 valence electrons. The molecular formula is C15H16O3. The lowest BCUT2D eigenvalue weighted by Crippen LogP contribution is -2.08. The van der Waals surface area contributed by atoms with Crippen molar-refractivity contribution in [3.8, 4) is 5.75 Å². The topological polar surface area (TPSA) is 35.5 Å². The van der Waals surface area contributed by atoms with E-state index < -0.39 is 0 Å². The Hall–Kier alpha value is -2.03. The number of carbonyl (C=O) groups excluding carboxylic acids is 1. The van der Waals surface area contributed by atoms with E-state index >= 15 is 0 Å². The van der Waals surface area contributed by atoms with E-state index in [9.17, 15) is 4.79 Å². The van der Waals surface area contributed by atoms with Gasteiger partial charge in [-0.3, -0.25) is 0 Å². The highest BCUT2D eigenvalue weighted by Crippen LogP contribution is 2.28. The molecule has 0 unspecified atom stereocenters. The molecular weight excluding hydrogens is 228 g/mol. The summed E-state index contributed by atoms with van der Waals surface area (Å²) in [5.74, 6) is 0.444. The number of esters is 1. The van der Waals surface area contributed by atoms with Crippen molar-refractivity contribution in [3.05, 3.63) is 48.1 Å². The highest BCUT2D eigenvalue weighted by Gasteiger charge is 2.26. The van der Waals surface area contributed by atoms with Crippen LogP contribution in [0.1, 0.15) is 18.9 Å². The predicted molar refractivity (Wildman–Crippen MR) is 70.3 cm³/mol. The zero-order chi connectivity index (χ0) is 13.1. The van der Waals surface area contributed by atoms with Crippen LogP contribution in [-0.2, 0) is 9.53 Å². The molecule has 0 saturated carbocycles. The standard InChI is InChI=1S/C15H16O3/c1-10(2)7-13-9-14(15(16)18-13)11-5-4-6-12(8-11)17-3/h4-6,8-9,13H,1,7H2,2-3H3/t13-/m1/s1. The van der Waals surface area contributed by atoms with Gasteiger partial charge in [-0.15, -0.1) is 0 Å². The maximum atomic E-state index is 11.8. The Labute approximate surface area is 107 Å². The summed E-state index contributed by atoms with van der Waals surface area (Å²) in [6, 6.07) is 7.40. The van der Waals surface area contributed by atoms with Crippen molar-refractivity contribution in [1.29, 1.82) is 0 Å². The molecule has 1 aliphatic rings. The molecule has 0 N–H and O–H groups in total. The summed E-state index contributed by atoms with van der Waals surface area (Å²) in [5.41, 5.74) is 2.42. The van der Waals surface area contributed by atoms with Gasteiger partial charge >= 0.3 is 5.97 Å². The molecule has 2 rings (SSSR count). The van der Waals surface area contributed by atoms with Crippen LogP contribution in [0, 0.1) is 0 Å². The van der Waals surface area contributed by atoms with Crippen LogP contribution in [-0.4, -0.2) is 19.2 Å². The Morgan fingerprint density at radius 3 is 2.94 bits per heavy atom. The van der Waals surface area contributed by atoms with E-state index in [1.165, 1.54) is 0 Å². The molecule has 1 aromatic rings. The first-order chi connectivity index (χ1) is 8.60. The molecule has 0 aliphatic carbocycles. The third kappa shape index (κ3) is 2.62. The van der Waals surface area contributed by atoms with Gasteiger partial charge in [0.15, 0.2) is 0 Å². The lowest BCUT2D eigenvalue weighted by atomic mass is 10.0. The third-order valence-electron chi connectivity index (χ3n) is 2.76. The second-order valence-electron chi connectivity index (χ2n) is 4.42. The molecule has 3 heteroatoms.